The predicted molar refractivity (Wildman–Crippen MR) is 144 cm³/mol. The van der Waals surface area contributed by atoms with Gasteiger partial charge in [0.2, 0.25) is 5.13 Å². The first-order chi connectivity index (χ1) is 17.6. The van der Waals surface area contributed by atoms with Gasteiger partial charge in [-0.25, -0.2) is 15.4 Å². The van der Waals surface area contributed by atoms with Gasteiger partial charge in [0.1, 0.15) is 11.4 Å². The topological polar surface area (TPSA) is 79.2 Å². The molecule has 1 aliphatic heterocycles. The van der Waals surface area contributed by atoms with E-state index in [1.54, 1.807) is 12.5 Å². The van der Waals surface area contributed by atoms with Gasteiger partial charge in [-0.05, 0) is 35.4 Å². The first-order valence-corrected chi connectivity index (χ1v) is 12.5. The number of ether oxygens (including phenoxy) is 1. The van der Waals surface area contributed by atoms with Crippen LogP contribution in [0.2, 0.25) is 5.02 Å². The molecule has 0 spiro atoms. The number of halogens is 1. The minimum atomic E-state index is -0.404. The Bertz CT molecular complexity index is 1420. The summed E-state index contributed by atoms with van der Waals surface area (Å²) in [6.07, 6.45) is 2.24. The van der Waals surface area contributed by atoms with Crippen molar-refractivity contribution in [2.45, 2.75) is 12.5 Å². The highest BCUT2D eigenvalue weighted by Crippen LogP contribution is 2.38. The van der Waals surface area contributed by atoms with Gasteiger partial charge in [0.15, 0.2) is 0 Å². The van der Waals surface area contributed by atoms with E-state index in [0.29, 0.717) is 22.3 Å². The zero-order valence-electron chi connectivity index (χ0n) is 19.3. The molecule has 1 unspecified atom stereocenters. The Kier molecular flexibility index (Phi) is 7.06. The lowest BCUT2D eigenvalue weighted by Gasteiger charge is -2.21. The van der Waals surface area contributed by atoms with Crippen LogP contribution in [0.5, 0.6) is 5.75 Å². The van der Waals surface area contributed by atoms with E-state index < -0.39 is 5.91 Å². The zero-order chi connectivity index (χ0) is 24.9. The summed E-state index contributed by atoms with van der Waals surface area (Å²) < 4.78 is 5.30. The van der Waals surface area contributed by atoms with Gasteiger partial charge in [0.25, 0.3) is 5.91 Å². The van der Waals surface area contributed by atoms with Crippen molar-refractivity contribution in [1.82, 2.24) is 10.4 Å². The number of hydrogen-bond acceptors (Lipinski definition) is 7. The maximum absolute atomic E-state index is 12.7. The molecule has 0 radical (unpaired) electrons. The molecule has 0 fully saturated rings. The van der Waals surface area contributed by atoms with Crippen molar-refractivity contribution in [3.05, 3.63) is 112 Å². The SMILES string of the molecule is COc1ccccc1C=NNC(=O)c1csc(N2N=C(c3ccccc3)CC2c2ccc(Cl)cc2)n1. The molecule has 0 saturated carbocycles. The molecule has 36 heavy (non-hydrogen) atoms. The standard InChI is InChI=1S/C27H22ClN5O2S/c1-35-25-10-6-5-9-20(25)16-29-31-26(34)23-17-36-27(30-23)33-24(19-11-13-21(28)14-12-19)15-22(32-33)18-7-3-2-4-8-18/h2-14,16-17,24H,15H2,1H3,(H,31,34). The van der Waals surface area contributed by atoms with Crippen LogP contribution in [-0.4, -0.2) is 29.9 Å². The minimum Gasteiger partial charge on any atom is -0.496 e. The van der Waals surface area contributed by atoms with Crippen LogP contribution in [0.15, 0.2) is 94.4 Å². The lowest BCUT2D eigenvalue weighted by atomic mass is 9.99. The number of carbonyl (C=O) groups is 1. The molecule has 1 atom stereocenters. The molecule has 3 aromatic carbocycles. The van der Waals surface area contributed by atoms with E-state index in [0.717, 1.165) is 22.4 Å². The van der Waals surface area contributed by atoms with Crippen LogP contribution in [0, 0.1) is 0 Å². The summed E-state index contributed by atoms with van der Waals surface area (Å²) in [6.45, 7) is 0. The molecule has 1 amide bonds. The molecular formula is C27H22ClN5O2S. The maximum atomic E-state index is 12.7. The van der Waals surface area contributed by atoms with E-state index >= 15 is 0 Å². The molecule has 1 N–H and O–H groups in total. The fraction of sp³-hybridized carbons (Fsp3) is 0.111. The Morgan fingerprint density at radius 3 is 2.64 bits per heavy atom. The Hall–Kier alpha value is -4.01. The summed E-state index contributed by atoms with van der Waals surface area (Å²) in [5.74, 6) is 0.263. The smallest absolute Gasteiger partial charge is 0.290 e. The third-order valence-corrected chi connectivity index (χ3v) is 6.78. The summed E-state index contributed by atoms with van der Waals surface area (Å²) in [5.41, 5.74) is 6.64. The van der Waals surface area contributed by atoms with Crippen LogP contribution in [0.25, 0.3) is 0 Å². The second-order valence-corrected chi connectivity index (χ2v) is 9.26. The molecule has 180 valence electrons. The fourth-order valence-electron chi connectivity index (χ4n) is 3.90. The van der Waals surface area contributed by atoms with Crippen molar-refractivity contribution in [2.75, 3.05) is 12.1 Å². The summed E-state index contributed by atoms with van der Waals surface area (Å²) >= 11 is 7.48. The number of amides is 1. The molecule has 9 heteroatoms. The van der Waals surface area contributed by atoms with Gasteiger partial charge < -0.3 is 4.74 Å². The number of thiazole rings is 1. The second-order valence-electron chi connectivity index (χ2n) is 7.99. The lowest BCUT2D eigenvalue weighted by Crippen LogP contribution is -2.20. The number of para-hydroxylation sites is 1. The monoisotopic (exact) mass is 515 g/mol. The average molecular weight is 516 g/mol. The van der Waals surface area contributed by atoms with Crippen molar-refractivity contribution < 1.29 is 9.53 Å². The van der Waals surface area contributed by atoms with E-state index in [1.807, 2.05) is 83.9 Å². The van der Waals surface area contributed by atoms with Crippen molar-refractivity contribution in [2.24, 2.45) is 10.2 Å². The van der Waals surface area contributed by atoms with Gasteiger partial charge in [-0.2, -0.15) is 10.2 Å². The third kappa shape index (κ3) is 5.15. The first-order valence-electron chi connectivity index (χ1n) is 11.2. The number of nitrogens with zero attached hydrogens (tertiary/aromatic N) is 4. The quantitative estimate of drug-likeness (QED) is 0.244. The maximum Gasteiger partial charge on any atom is 0.290 e. The number of anilines is 1. The third-order valence-electron chi connectivity index (χ3n) is 5.70. The highest BCUT2D eigenvalue weighted by atomic mass is 35.5. The Labute approximate surface area is 217 Å². The Balaban J connectivity index is 1.37. The predicted octanol–water partition coefficient (Wildman–Crippen LogP) is 5.92. The number of benzene rings is 3. The molecule has 0 bridgehead atoms. The van der Waals surface area contributed by atoms with E-state index in [1.165, 1.54) is 17.6 Å². The van der Waals surface area contributed by atoms with Crippen LogP contribution in [0.3, 0.4) is 0 Å². The van der Waals surface area contributed by atoms with Crippen LogP contribution >= 0.6 is 22.9 Å². The second kappa shape index (κ2) is 10.7. The van der Waals surface area contributed by atoms with Crippen molar-refractivity contribution >= 4 is 45.9 Å². The molecule has 1 aliphatic rings. The fourth-order valence-corrected chi connectivity index (χ4v) is 4.83. The van der Waals surface area contributed by atoms with Crippen molar-refractivity contribution in [3.63, 3.8) is 0 Å². The largest absolute Gasteiger partial charge is 0.496 e. The molecule has 0 aliphatic carbocycles. The number of hydrogen-bond donors (Lipinski definition) is 1. The van der Waals surface area contributed by atoms with E-state index in [4.69, 9.17) is 21.4 Å². The van der Waals surface area contributed by atoms with E-state index in [2.05, 4.69) is 15.5 Å². The van der Waals surface area contributed by atoms with Crippen molar-refractivity contribution in [1.29, 1.82) is 0 Å². The van der Waals surface area contributed by atoms with Gasteiger partial charge in [-0.3, -0.25) is 4.79 Å². The first kappa shape index (κ1) is 23.7. The van der Waals surface area contributed by atoms with E-state index in [-0.39, 0.29) is 11.7 Å². The number of methoxy groups -OCH3 is 1. The number of carbonyl (C=O) groups excluding carboxylic acids is 1. The van der Waals surface area contributed by atoms with Gasteiger partial charge in [0.05, 0.1) is 25.1 Å². The van der Waals surface area contributed by atoms with Crippen LogP contribution in [0.1, 0.15) is 39.6 Å². The molecule has 2 heterocycles. The van der Waals surface area contributed by atoms with Crippen LogP contribution < -0.4 is 15.2 Å². The minimum absolute atomic E-state index is 0.0666. The normalized spacial score (nSPS) is 15.2. The van der Waals surface area contributed by atoms with Gasteiger partial charge in [0, 0.05) is 22.4 Å². The van der Waals surface area contributed by atoms with Gasteiger partial charge in [-0.15, -0.1) is 11.3 Å². The van der Waals surface area contributed by atoms with Gasteiger partial charge >= 0.3 is 0 Å². The zero-order valence-corrected chi connectivity index (χ0v) is 20.9. The van der Waals surface area contributed by atoms with E-state index in [9.17, 15) is 4.79 Å². The molecule has 4 aromatic rings. The van der Waals surface area contributed by atoms with Crippen LogP contribution in [0.4, 0.5) is 5.13 Å². The highest BCUT2D eigenvalue weighted by molar-refractivity contribution is 7.14. The molecule has 5 rings (SSSR count). The molecule has 1 aromatic heterocycles. The summed E-state index contributed by atoms with van der Waals surface area (Å²) in [6, 6.07) is 25.1. The molecular weight excluding hydrogens is 494 g/mol. The lowest BCUT2D eigenvalue weighted by molar-refractivity contribution is 0.0951. The summed E-state index contributed by atoms with van der Waals surface area (Å²) in [4.78, 5) is 17.3. The Morgan fingerprint density at radius 1 is 1.11 bits per heavy atom. The Morgan fingerprint density at radius 2 is 1.86 bits per heavy atom. The number of aromatic nitrogens is 1. The average Bonchev–Trinajstić information content (AvgIpc) is 3.58. The number of hydrazone groups is 2. The summed E-state index contributed by atoms with van der Waals surface area (Å²) in [5, 5.41) is 13.8. The molecule has 0 saturated heterocycles. The molecule has 7 nitrogen and oxygen atoms in total. The highest BCUT2D eigenvalue weighted by Gasteiger charge is 2.32. The number of rotatable bonds is 7. The number of nitrogens with one attached hydrogen (secondary N) is 1. The summed E-state index contributed by atoms with van der Waals surface area (Å²) in [7, 11) is 1.59. The van der Waals surface area contributed by atoms with Crippen LogP contribution in [-0.2, 0) is 0 Å². The van der Waals surface area contributed by atoms with Gasteiger partial charge in [-0.1, -0.05) is 66.2 Å². The van der Waals surface area contributed by atoms with Crippen molar-refractivity contribution in [3.8, 4) is 5.75 Å².